The Kier molecular flexibility index (Phi) is 4.07. The second-order valence-corrected chi connectivity index (χ2v) is 9.00. The standard InChI is InChI=1S/C12H17NOSi/c1-15(2,3)14-12(10-13)9-11-7-5-4-6-8-11/h4-8,12H,9H2,1-3H3. The van der Waals surface area contributed by atoms with E-state index >= 15 is 0 Å². The molecule has 0 heterocycles. The van der Waals surface area contributed by atoms with Gasteiger partial charge in [-0.05, 0) is 25.2 Å². The van der Waals surface area contributed by atoms with Crippen molar-refractivity contribution in [2.75, 3.05) is 0 Å². The van der Waals surface area contributed by atoms with Crippen LogP contribution in [-0.4, -0.2) is 14.4 Å². The molecule has 0 aliphatic rings. The van der Waals surface area contributed by atoms with E-state index < -0.39 is 8.32 Å². The minimum Gasteiger partial charge on any atom is -0.402 e. The van der Waals surface area contributed by atoms with Gasteiger partial charge in [0.1, 0.15) is 6.10 Å². The lowest BCUT2D eigenvalue weighted by atomic mass is 10.1. The van der Waals surface area contributed by atoms with Crippen LogP contribution >= 0.6 is 0 Å². The van der Waals surface area contributed by atoms with Crippen LogP contribution in [0.15, 0.2) is 30.3 Å². The minimum absolute atomic E-state index is 0.306. The Bertz CT molecular complexity index is 337. The molecule has 0 saturated heterocycles. The van der Waals surface area contributed by atoms with Gasteiger partial charge in [0.05, 0.1) is 6.07 Å². The molecule has 0 aromatic heterocycles. The van der Waals surface area contributed by atoms with Gasteiger partial charge in [-0.3, -0.25) is 0 Å². The normalized spacial score (nSPS) is 13.2. The van der Waals surface area contributed by atoms with Crippen LogP contribution in [0.1, 0.15) is 5.56 Å². The number of nitriles is 1. The maximum absolute atomic E-state index is 9.00. The predicted molar refractivity (Wildman–Crippen MR) is 64.0 cm³/mol. The summed E-state index contributed by atoms with van der Waals surface area (Å²) in [6.07, 6.45) is 0.376. The Morgan fingerprint density at radius 3 is 2.33 bits per heavy atom. The highest BCUT2D eigenvalue weighted by Gasteiger charge is 2.20. The zero-order valence-electron chi connectivity index (χ0n) is 9.53. The molecule has 0 radical (unpaired) electrons. The monoisotopic (exact) mass is 219 g/mol. The van der Waals surface area contributed by atoms with Crippen LogP contribution in [0, 0.1) is 11.3 Å². The molecule has 1 rings (SSSR count). The van der Waals surface area contributed by atoms with Crippen molar-refractivity contribution in [3.63, 3.8) is 0 Å². The molecule has 0 spiro atoms. The number of rotatable bonds is 4. The van der Waals surface area contributed by atoms with Gasteiger partial charge in [-0.25, -0.2) is 0 Å². The van der Waals surface area contributed by atoms with E-state index in [0.717, 1.165) is 5.56 Å². The molecule has 0 N–H and O–H groups in total. The van der Waals surface area contributed by atoms with Gasteiger partial charge in [0.25, 0.3) is 0 Å². The molecule has 0 amide bonds. The van der Waals surface area contributed by atoms with E-state index in [9.17, 15) is 0 Å². The van der Waals surface area contributed by atoms with Crippen molar-refractivity contribution >= 4 is 8.32 Å². The summed E-state index contributed by atoms with van der Waals surface area (Å²) in [5, 5.41) is 9.00. The zero-order valence-corrected chi connectivity index (χ0v) is 10.5. The number of benzene rings is 1. The molecule has 0 aliphatic carbocycles. The van der Waals surface area contributed by atoms with Crippen molar-refractivity contribution < 1.29 is 4.43 Å². The van der Waals surface area contributed by atoms with Gasteiger partial charge in [-0.2, -0.15) is 5.26 Å². The van der Waals surface area contributed by atoms with Gasteiger partial charge in [0, 0.05) is 6.42 Å². The summed E-state index contributed by atoms with van der Waals surface area (Å²) in [7, 11) is -1.62. The molecular formula is C12H17NOSi. The summed E-state index contributed by atoms with van der Waals surface area (Å²) >= 11 is 0. The summed E-state index contributed by atoms with van der Waals surface area (Å²) in [6, 6.07) is 12.2. The Balaban J connectivity index is 2.60. The fraction of sp³-hybridized carbons (Fsp3) is 0.417. The third kappa shape index (κ3) is 4.77. The molecule has 0 fully saturated rings. The lowest BCUT2D eigenvalue weighted by Crippen LogP contribution is -2.32. The quantitative estimate of drug-likeness (QED) is 0.729. The van der Waals surface area contributed by atoms with Crippen LogP contribution < -0.4 is 0 Å². The summed E-state index contributed by atoms with van der Waals surface area (Å²) < 4.78 is 5.77. The molecule has 1 aromatic rings. The van der Waals surface area contributed by atoms with Crippen molar-refractivity contribution in [2.24, 2.45) is 0 Å². The molecule has 0 aliphatic heterocycles. The second-order valence-electron chi connectivity index (χ2n) is 4.54. The largest absolute Gasteiger partial charge is 0.402 e. The first-order chi connectivity index (χ1) is 7.01. The average Bonchev–Trinajstić information content (AvgIpc) is 2.16. The van der Waals surface area contributed by atoms with Crippen LogP contribution in [0.2, 0.25) is 19.6 Å². The van der Waals surface area contributed by atoms with Crippen molar-refractivity contribution in [2.45, 2.75) is 32.2 Å². The van der Waals surface area contributed by atoms with Crippen LogP contribution in [-0.2, 0) is 10.8 Å². The first kappa shape index (κ1) is 12.0. The van der Waals surface area contributed by atoms with Crippen LogP contribution in [0.3, 0.4) is 0 Å². The van der Waals surface area contributed by atoms with Crippen LogP contribution in [0.4, 0.5) is 0 Å². The fourth-order valence-corrected chi connectivity index (χ4v) is 2.36. The van der Waals surface area contributed by atoms with Gasteiger partial charge in [0.2, 0.25) is 0 Å². The maximum atomic E-state index is 9.00. The SMILES string of the molecule is C[Si](C)(C)OC(C#N)Cc1ccccc1. The number of nitrogens with zero attached hydrogens (tertiary/aromatic N) is 1. The van der Waals surface area contributed by atoms with E-state index in [4.69, 9.17) is 9.69 Å². The highest BCUT2D eigenvalue weighted by Crippen LogP contribution is 2.11. The summed E-state index contributed by atoms with van der Waals surface area (Å²) in [5.74, 6) is 0. The summed E-state index contributed by atoms with van der Waals surface area (Å²) in [4.78, 5) is 0. The molecule has 2 nitrogen and oxygen atoms in total. The van der Waals surface area contributed by atoms with E-state index in [1.165, 1.54) is 0 Å². The molecule has 0 bridgehead atoms. The van der Waals surface area contributed by atoms with Crippen molar-refractivity contribution in [3.8, 4) is 6.07 Å². The van der Waals surface area contributed by atoms with Crippen LogP contribution in [0.25, 0.3) is 0 Å². The van der Waals surface area contributed by atoms with Crippen molar-refractivity contribution in [3.05, 3.63) is 35.9 Å². The zero-order chi connectivity index (χ0) is 11.3. The first-order valence-electron chi connectivity index (χ1n) is 5.12. The van der Waals surface area contributed by atoms with Gasteiger partial charge in [-0.1, -0.05) is 30.3 Å². The van der Waals surface area contributed by atoms with Gasteiger partial charge in [0.15, 0.2) is 8.32 Å². The van der Waals surface area contributed by atoms with E-state index in [-0.39, 0.29) is 6.10 Å². The van der Waals surface area contributed by atoms with Crippen molar-refractivity contribution in [1.82, 2.24) is 0 Å². The number of hydrogen-bond acceptors (Lipinski definition) is 2. The number of hydrogen-bond donors (Lipinski definition) is 0. The highest BCUT2D eigenvalue weighted by molar-refractivity contribution is 6.69. The Labute approximate surface area is 92.6 Å². The maximum Gasteiger partial charge on any atom is 0.185 e. The summed E-state index contributed by atoms with van der Waals surface area (Å²) in [5.41, 5.74) is 1.15. The Morgan fingerprint density at radius 2 is 1.87 bits per heavy atom. The molecule has 1 atom stereocenters. The van der Waals surface area contributed by atoms with E-state index in [2.05, 4.69) is 25.7 Å². The molecule has 3 heteroatoms. The molecule has 15 heavy (non-hydrogen) atoms. The minimum atomic E-state index is -1.62. The van der Waals surface area contributed by atoms with E-state index in [1.807, 2.05) is 30.3 Å². The fourth-order valence-electron chi connectivity index (χ4n) is 1.37. The van der Waals surface area contributed by atoms with E-state index in [1.54, 1.807) is 0 Å². The smallest absolute Gasteiger partial charge is 0.185 e. The molecule has 1 aromatic carbocycles. The Hall–Kier alpha value is -1.11. The van der Waals surface area contributed by atoms with Crippen molar-refractivity contribution in [1.29, 1.82) is 5.26 Å². The molecule has 1 unspecified atom stereocenters. The lowest BCUT2D eigenvalue weighted by molar-refractivity contribution is 0.249. The summed E-state index contributed by atoms with van der Waals surface area (Å²) in [6.45, 7) is 6.30. The molecule has 80 valence electrons. The van der Waals surface area contributed by atoms with E-state index in [0.29, 0.717) is 6.42 Å². The third-order valence-electron chi connectivity index (χ3n) is 1.90. The lowest BCUT2D eigenvalue weighted by Gasteiger charge is -2.21. The highest BCUT2D eigenvalue weighted by atomic mass is 28.4. The molecular weight excluding hydrogens is 202 g/mol. The Morgan fingerprint density at radius 1 is 1.27 bits per heavy atom. The second kappa shape index (κ2) is 5.10. The molecule has 0 saturated carbocycles. The van der Waals surface area contributed by atoms with Gasteiger partial charge >= 0.3 is 0 Å². The average molecular weight is 219 g/mol. The first-order valence-corrected chi connectivity index (χ1v) is 8.53. The van der Waals surface area contributed by atoms with Crippen LogP contribution in [0.5, 0.6) is 0 Å². The van der Waals surface area contributed by atoms with Gasteiger partial charge in [-0.15, -0.1) is 0 Å². The van der Waals surface area contributed by atoms with Gasteiger partial charge < -0.3 is 4.43 Å². The third-order valence-corrected chi connectivity index (χ3v) is 2.90. The topological polar surface area (TPSA) is 33.0 Å². The predicted octanol–water partition coefficient (Wildman–Crippen LogP) is 2.97.